The number of Topliss-reactive ketones (excluding diaryl/α,β-unsaturated/α-hetero) is 1. The van der Waals surface area contributed by atoms with E-state index in [1.807, 2.05) is 20.8 Å². The van der Waals surface area contributed by atoms with Gasteiger partial charge in [-0.05, 0) is 44.6 Å². The highest BCUT2D eigenvalue weighted by molar-refractivity contribution is 5.92. The van der Waals surface area contributed by atoms with E-state index in [1.54, 1.807) is 6.92 Å². The maximum atomic E-state index is 13.4. The zero-order valence-corrected chi connectivity index (χ0v) is 15.6. The Labute approximate surface area is 149 Å². The quantitative estimate of drug-likeness (QED) is 0.578. The lowest BCUT2D eigenvalue weighted by molar-refractivity contribution is -0.241. The summed E-state index contributed by atoms with van der Waals surface area (Å²) in [6, 6.07) is 0. The number of rotatable bonds is 0. The lowest BCUT2D eigenvalue weighted by atomic mass is 9.47. The van der Waals surface area contributed by atoms with Gasteiger partial charge in [-0.2, -0.15) is 0 Å². The minimum absolute atomic E-state index is 0.0375. The van der Waals surface area contributed by atoms with Gasteiger partial charge in [0.05, 0.1) is 29.8 Å². The Balaban J connectivity index is 1.90. The number of carbonyl (C=O) groups is 1. The summed E-state index contributed by atoms with van der Waals surface area (Å²) in [4.78, 5) is 13.4. The van der Waals surface area contributed by atoms with Crippen LogP contribution >= 0.6 is 0 Å². The van der Waals surface area contributed by atoms with E-state index in [0.29, 0.717) is 37.9 Å². The zero-order chi connectivity index (χ0) is 18.4. The molecule has 3 aliphatic carbocycles. The third-order valence-corrected chi connectivity index (χ3v) is 8.24. The molecule has 4 aliphatic rings. The predicted molar refractivity (Wildman–Crippen MR) is 91.7 cm³/mol. The molecule has 6 unspecified atom stereocenters. The Hall–Kier alpha value is -0.750. The summed E-state index contributed by atoms with van der Waals surface area (Å²) in [6.45, 7) is 8.19. The second-order valence-electron chi connectivity index (χ2n) is 9.50. The minimum Gasteiger partial charge on any atom is -0.392 e. The van der Waals surface area contributed by atoms with Crippen LogP contribution in [0.25, 0.3) is 0 Å². The Morgan fingerprint density at radius 3 is 2.48 bits per heavy atom. The molecule has 25 heavy (non-hydrogen) atoms. The summed E-state index contributed by atoms with van der Waals surface area (Å²) in [7, 11) is 0. The summed E-state index contributed by atoms with van der Waals surface area (Å²) in [5.41, 5.74) is -1.06. The van der Waals surface area contributed by atoms with E-state index >= 15 is 0 Å². The van der Waals surface area contributed by atoms with E-state index in [4.69, 9.17) is 4.74 Å². The molecular weight excluding hydrogens is 320 g/mol. The van der Waals surface area contributed by atoms with Crippen molar-refractivity contribution in [2.75, 3.05) is 6.61 Å². The first kappa shape index (κ1) is 17.7. The molecule has 140 valence electrons. The smallest absolute Gasteiger partial charge is 0.174 e. The number of allylic oxidation sites excluding steroid dienone is 1. The van der Waals surface area contributed by atoms with Crippen molar-refractivity contribution in [1.82, 2.24) is 0 Å². The number of fused-ring (bicyclic) bond motifs is 5. The molecular formula is C20H30O5. The molecule has 3 N–H and O–H groups in total. The fourth-order valence-electron chi connectivity index (χ4n) is 6.18. The van der Waals surface area contributed by atoms with Crippen LogP contribution in [0.1, 0.15) is 53.4 Å². The highest BCUT2D eigenvalue weighted by Crippen LogP contribution is 2.60. The first-order valence-electron chi connectivity index (χ1n) is 9.48. The minimum atomic E-state index is -1.26. The normalized spacial score (nSPS) is 51.8. The number of carbonyl (C=O) groups excluding carboxylic acids is 1. The Kier molecular flexibility index (Phi) is 3.64. The van der Waals surface area contributed by atoms with Crippen LogP contribution in [0.3, 0.4) is 0 Å². The van der Waals surface area contributed by atoms with Gasteiger partial charge in [0, 0.05) is 17.8 Å². The van der Waals surface area contributed by atoms with Crippen molar-refractivity contribution in [2.45, 2.75) is 77.3 Å². The number of aliphatic hydroxyl groups excluding tert-OH is 2. The average molecular weight is 350 g/mol. The maximum absolute atomic E-state index is 13.4. The molecule has 1 aliphatic heterocycles. The molecule has 1 heterocycles. The van der Waals surface area contributed by atoms with Crippen LogP contribution in [-0.2, 0) is 9.53 Å². The van der Waals surface area contributed by atoms with Gasteiger partial charge in [-0.1, -0.05) is 19.4 Å². The van der Waals surface area contributed by atoms with Gasteiger partial charge in [-0.15, -0.1) is 0 Å². The third kappa shape index (κ3) is 2.01. The highest BCUT2D eigenvalue weighted by atomic mass is 16.5. The van der Waals surface area contributed by atoms with Crippen molar-refractivity contribution in [3.05, 3.63) is 11.1 Å². The molecule has 0 amide bonds. The van der Waals surface area contributed by atoms with Crippen LogP contribution in [0, 0.1) is 22.7 Å². The van der Waals surface area contributed by atoms with Crippen molar-refractivity contribution < 1.29 is 24.9 Å². The first-order valence-corrected chi connectivity index (χ1v) is 9.48. The van der Waals surface area contributed by atoms with Gasteiger partial charge in [0.25, 0.3) is 0 Å². The fraction of sp³-hybridized carbons (Fsp3) is 0.850. The van der Waals surface area contributed by atoms with Crippen LogP contribution in [0.5, 0.6) is 0 Å². The molecule has 5 nitrogen and oxygen atoms in total. The van der Waals surface area contributed by atoms with Crippen LogP contribution in [-0.4, -0.2) is 51.6 Å². The summed E-state index contributed by atoms with van der Waals surface area (Å²) >= 11 is 0. The molecule has 0 aromatic heterocycles. The number of aliphatic hydroxyl groups is 3. The SMILES string of the molecule is CC1=C2C(O)C(=O)C3(C)C(O)C[C@H]4OCC4C3CC(O)(CC1)C2(C)C. The molecule has 4 rings (SSSR count). The van der Waals surface area contributed by atoms with Crippen molar-refractivity contribution >= 4 is 5.78 Å². The molecule has 1 saturated heterocycles. The number of ether oxygens (including phenoxy) is 1. The first-order chi connectivity index (χ1) is 11.5. The van der Waals surface area contributed by atoms with E-state index in [2.05, 4.69) is 0 Å². The maximum Gasteiger partial charge on any atom is 0.174 e. The molecule has 2 saturated carbocycles. The third-order valence-electron chi connectivity index (χ3n) is 8.24. The second-order valence-corrected chi connectivity index (χ2v) is 9.50. The lowest BCUT2D eigenvalue weighted by Gasteiger charge is -2.61. The van der Waals surface area contributed by atoms with Gasteiger partial charge in [0.15, 0.2) is 5.78 Å². The van der Waals surface area contributed by atoms with Crippen LogP contribution < -0.4 is 0 Å². The van der Waals surface area contributed by atoms with E-state index in [0.717, 1.165) is 5.57 Å². The molecule has 0 aromatic carbocycles. The molecule has 0 radical (unpaired) electrons. The summed E-state index contributed by atoms with van der Waals surface area (Å²) in [6.07, 6.45) is 0.0513. The van der Waals surface area contributed by atoms with Crippen molar-refractivity contribution in [2.24, 2.45) is 22.7 Å². The highest BCUT2D eigenvalue weighted by Gasteiger charge is 2.65. The van der Waals surface area contributed by atoms with Gasteiger partial charge >= 0.3 is 0 Å². The van der Waals surface area contributed by atoms with E-state index in [9.17, 15) is 20.1 Å². The van der Waals surface area contributed by atoms with Crippen LogP contribution in [0.2, 0.25) is 0 Å². The largest absolute Gasteiger partial charge is 0.392 e. The van der Waals surface area contributed by atoms with Gasteiger partial charge in [0.2, 0.25) is 0 Å². The zero-order valence-electron chi connectivity index (χ0n) is 15.6. The molecule has 0 aromatic rings. The molecule has 5 heteroatoms. The molecule has 3 fully saturated rings. The van der Waals surface area contributed by atoms with Crippen LogP contribution in [0.4, 0.5) is 0 Å². The Bertz CT molecular complexity index is 652. The molecule has 7 atom stereocenters. The van der Waals surface area contributed by atoms with Crippen LogP contribution in [0.15, 0.2) is 11.1 Å². The Morgan fingerprint density at radius 2 is 1.88 bits per heavy atom. The van der Waals surface area contributed by atoms with Crippen molar-refractivity contribution in [3.8, 4) is 0 Å². The fourth-order valence-corrected chi connectivity index (χ4v) is 6.18. The molecule has 2 bridgehead atoms. The standard InChI is InChI=1S/C20H30O5/c1-10-5-6-20(24)8-12-11-9-25-13(11)7-14(21)19(12,4)17(23)16(22)15(10)18(20,2)3/h11-14,16,21-22,24H,5-9H2,1-4H3/t11?,12?,13-,14?,16?,19?,20?/m1/s1. The van der Waals surface area contributed by atoms with E-state index in [1.165, 1.54) is 0 Å². The topological polar surface area (TPSA) is 87.0 Å². The second kappa shape index (κ2) is 5.16. The Morgan fingerprint density at radius 1 is 1.20 bits per heavy atom. The summed E-state index contributed by atoms with van der Waals surface area (Å²) in [5, 5.41) is 33.5. The van der Waals surface area contributed by atoms with Crippen molar-refractivity contribution in [1.29, 1.82) is 0 Å². The van der Waals surface area contributed by atoms with Gasteiger partial charge in [0.1, 0.15) is 6.10 Å². The molecule has 0 spiro atoms. The predicted octanol–water partition coefficient (Wildman–Crippen LogP) is 1.59. The summed E-state index contributed by atoms with van der Waals surface area (Å²) < 4.78 is 5.61. The number of hydrogen-bond acceptors (Lipinski definition) is 5. The van der Waals surface area contributed by atoms with Gasteiger partial charge in [-0.25, -0.2) is 0 Å². The average Bonchev–Trinajstić information content (AvgIpc) is 2.51. The van der Waals surface area contributed by atoms with E-state index in [-0.39, 0.29) is 23.7 Å². The number of hydrogen-bond donors (Lipinski definition) is 3. The van der Waals surface area contributed by atoms with Crippen molar-refractivity contribution in [3.63, 3.8) is 0 Å². The summed E-state index contributed by atoms with van der Waals surface area (Å²) in [5.74, 6) is -0.305. The van der Waals surface area contributed by atoms with Gasteiger partial charge in [-0.3, -0.25) is 4.79 Å². The lowest BCUT2D eigenvalue weighted by Crippen LogP contribution is -2.68. The number of ketones is 1. The van der Waals surface area contributed by atoms with E-state index < -0.39 is 28.6 Å². The monoisotopic (exact) mass is 350 g/mol. The van der Waals surface area contributed by atoms with Gasteiger partial charge < -0.3 is 20.1 Å².